The first-order valence-corrected chi connectivity index (χ1v) is 5.75. The minimum Gasteiger partial charge on any atom is -0.375 e. The molecule has 1 N–H and O–H groups in total. The Balaban J connectivity index is 2.16. The van der Waals surface area contributed by atoms with E-state index in [0.29, 0.717) is 9.34 Å². The zero-order chi connectivity index (χ0) is 12.4. The van der Waals surface area contributed by atoms with E-state index in [1.165, 1.54) is 17.5 Å². The average molecular weight is 279 g/mol. The van der Waals surface area contributed by atoms with Gasteiger partial charge in [-0.05, 0) is 12.1 Å². The van der Waals surface area contributed by atoms with Crippen molar-refractivity contribution in [3.05, 3.63) is 45.1 Å². The normalized spacial score (nSPS) is 10.6. The van der Waals surface area contributed by atoms with E-state index in [1.807, 2.05) is 0 Å². The highest BCUT2D eigenvalue weighted by molar-refractivity contribution is 7.15. The third kappa shape index (κ3) is 2.70. The third-order valence-electron chi connectivity index (χ3n) is 2.01. The fourth-order valence-electron chi connectivity index (χ4n) is 1.23. The van der Waals surface area contributed by atoms with Gasteiger partial charge < -0.3 is 5.32 Å². The number of rotatable bonds is 3. The SMILES string of the molecule is Fc1ccc(F)c(NCc2cnc(Cl)s2)c1F. The summed E-state index contributed by atoms with van der Waals surface area (Å²) in [4.78, 5) is 4.47. The summed E-state index contributed by atoms with van der Waals surface area (Å²) in [6, 6.07) is 1.60. The lowest BCUT2D eigenvalue weighted by Crippen LogP contribution is -2.04. The molecule has 0 aliphatic heterocycles. The van der Waals surface area contributed by atoms with Crippen LogP contribution in [0.5, 0.6) is 0 Å². The minimum absolute atomic E-state index is 0.127. The van der Waals surface area contributed by atoms with Crippen molar-refractivity contribution in [2.45, 2.75) is 6.54 Å². The van der Waals surface area contributed by atoms with Gasteiger partial charge in [0.1, 0.15) is 11.5 Å². The number of anilines is 1. The highest BCUT2D eigenvalue weighted by Gasteiger charge is 2.13. The smallest absolute Gasteiger partial charge is 0.184 e. The molecule has 2 rings (SSSR count). The Hall–Kier alpha value is -1.27. The molecule has 0 radical (unpaired) electrons. The van der Waals surface area contributed by atoms with E-state index in [1.54, 1.807) is 0 Å². The molecule has 0 atom stereocenters. The summed E-state index contributed by atoms with van der Waals surface area (Å²) in [7, 11) is 0. The predicted octanol–water partition coefficient (Wildman–Crippen LogP) is 3.83. The molecule has 0 unspecified atom stereocenters. The maximum Gasteiger partial charge on any atom is 0.184 e. The zero-order valence-electron chi connectivity index (χ0n) is 8.31. The number of nitrogens with one attached hydrogen (secondary N) is 1. The van der Waals surface area contributed by atoms with E-state index < -0.39 is 23.1 Å². The van der Waals surface area contributed by atoms with E-state index in [9.17, 15) is 13.2 Å². The first-order valence-electron chi connectivity index (χ1n) is 4.55. The van der Waals surface area contributed by atoms with Crippen LogP contribution in [-0.4, -0.2) is 4.98 Å². The van der Waals surface area contributed by atoms with Gasteiger partial charge in [-0.2, -0.15) is 0 Å². The number of nitrogens with zero attached hydrogens (tertiary/aromatic N) is 1. The van der Waals surface area contributed by atoms with Crippen LogP contribution in [0.2, 0.25) is 4.47 Å². The summed E-state index contributed by atoms with van der Waals surface area (Å²) >= 11 is 6.78. The van der Waals surface area contributed by atoms with Gasteiger partial charge in [0.25, 0.3) is 0 Å². The Kier molecular flexibility index (Phi) is 3.54. The molecule has 0 saturated heterocycles. The fraction of sp³-hybridized carbons (Fsp3) is 0.100. The highest BCUT2D eigenvalue weighted by Crippen LogP contribution is 2.23. The number of aromatic nitrogens is 1. The molecule has 0 aliphatic rings. The van der Waals surface area contributed by atoms with Crippen LogP contribution < -0.4 is 5.32 Å². The Bertz CT molecular complexity index is 544. The van der Waals surface area contributed by atoms with Crippen LogP contribution in [0.25, 0.3) is 0 Å². The zero-order valence-corrected chi connectivity index (χ0v) is 9.88. The minimum atomic E-state index is -1.24. The molecule has 1 heterocycles. The van der Waals surface area contributed by atoms with Gasteiger partial charge in [0.05, 0.1) is 6.54 Å². The van der Waals surface area contributed by atoms with Crippen LogP contribution in [0.3, 0.4) is 0 Å². The summed E-state index contributed by atoms with van der Waals surface area (Å²) in [5.41, 5.74) is -0.491. The predicted molar refractivity (Wildman–Crippen MR) is 60.8 cm³/mol. The quantitative estimate of drug-likeness (QED) is 0.863. The van der Waals surface area contributed by atoms with Crippen LogP contribution in [0, 0.1) is 17.5 Å². The number of thiazole rings is 1. The summed E-state index contributed by atoms with van der Waals surface area (Å²) in [5, 5.41) is 2.47. The average Bonchev–Trinajstić information content (AvgIpc) is 2.70. The van der Waals surface area contributed by atoms with Crippen LogP contribution in [-0.2, 0) is 6.54 Å². The Morgan fingerprint density at radius 1 is 1.24 bits per heavy atom. The lowest BCUT2D eigenvalue weighted by atomic mass is 10.2. The molecule has 1 aromatic carbocycles. The van der Waals surface area contributed by atoms with Crippen molar-refractivity contribution < 1.29 is 13.2 Å². The monoisotopic (exact) mass is 278 g/mol. The Labute approximate surface area is 104 Å². The Morgan fingerprint density at radius 3 is 2.59 bits per heavy atom. The van der Waals surface area contributed by atoms with Crippen molar-refractivity contribution in [2.24, 2.45) is 0 Å². The maximum atomic E-state index is 13.3. The van der Waals surface area contributed by atoms with Gasteiger partial charge in [0.2, 0.25) is 0 Å². The van der Waals surface area contributed by atoms with Gasteiger partial charge in [0.15, 0.2) is 16.1 Å². The summed E-state index contributed by atoms with van der Waals surface area (Å²) in [6.45, 7) is 0.127. The molecule has 2 aromatic rings. The van der Waals surface area contributed by atoms with Crippen molar-refractivity contribution in [3.63, 3.8) is 0 Å². The van der Waals surface area contributed by atoms with Gasteiger partial charge in [-0.3, -0.25) is 0 Å². The number of benzene rings is 1. The maximum absolute atomic E-state index is 13.3. The van der Waals surface area contributed by atoms with Crippen molar-refractivity contribution >= 4 is 28.6 Å². The van der Waals surface area contributed by atoms with Gasteiger partial charge in [-0.15, -0.1) is 11.3 Å². The summed E-state index contributed by atoms with van der Waals surface area (Å²) in [6.07, 6.45) is 1.48. The second-order valence-electron chi connectivity index (χ2n) is 3.15. The molecular formula is C10H6ClF3N2S. The van der Waals surface area contributed by atoms with Crippen molar-refractivity contribution in [3.8, 4) is 0 Å². The van der Waals surface area contributed by atoms with Crippen LogP contribution in [0.1, 0.15) is 4.88 Å². The standard InChI is InChI=1S/C10H6ClF3N2S/c11-10-16-4-5(17-10)3-15-9-7(13)2-1-6(12)8(9)14/h1-2,4,15H,3H2. The van der Waals surface area contributed by atoms with E-state index in [0.717, 1.165) is 12.1 Å². The molecule has 90 valence electrons. The molecule has 1 aromatic heterocycles. The molecule has 2 nitrogen and oxygen atoms in total. The first-order chi connectivity index (χ1) is 8.08. The fourth-order valence-corrected chi connectivity index (χ4v) is 2.15. The van der Waals surface area contributed by atoms with Gasteiger partial charge in [-0.1, -0.05) is 11.6 Å². The first kappa shape index (κ1) is 12.2. The topological polar surface area (TPSA) is 24.9 Å². The molecule has 0 saturated carbocycles. The number of hydrogen-bond donors (Lipinski definition) is 1. The van der Waals surface area contributed by atoms with Gasteiger partial charge in [-0.25, -0.2) is 18.2 Å². The highest BCUT2D eigenvalue weighted by atomic mass is 35.5. The summed E-state index contributed by atoms with van der Waals surface area (Å²) in [5.74, 6) is -3.18. The lowest BCUT2D eigenvalue weighted by Gasteiger charge is -2.07. The molecule has 7 heteroatoms. The van der Waals surface area contributed by atoms with Gasteiger partial charge >= 0.3 is 0 Å². The van der Waals surface area contributed by atoms with E-state index in [4.69, 9.17) is 11.6 Å². The van der Waals surface area contributed by atoms with Gasteiger partial charge in [0, 0.05) is 11.1 Å². The van der Waals surface area contributed by atoms with E-state index in [-0.39, 0.29) is 6.54 Å². The number of hydrogen-bond acceptors (Lipinski definition) is 3. The molecule has 0 aliphatic carbocycles. The van der Waals surface area contributed by atoms with Crippen molar-refractivity contribution in [2.75, 3.05) is 5.32 Å². The van der Waals surface area contributed by atoms with Crippen LogP contribution >= 0.6 is 22.9 Å². The van der Waals surface area contributed by atoms with Crippen molar-refractivity contribution in [1.82, 2.24) is 4.98 Å². The molecule has 17 heavy (non-hydrogen) atoms. The second kappa shape index (κ2) is 4.93. The molecule has 0 bridgehead atoms. The third-order valence-corrected chi connectivity index (χ3v) is 3.12. The molecule has 0 spiro atoms. The molecule has 0 fully saturated rings. The summed E-state index contributed by atoms with van der Waals surface area (Å²) < 4.78 is 39.7. The van der Waals surface area contributed by atoms with Crippen molar-refractivity contribution in [1.29, 1.82) is 0 Å². The lowest BCUT2D eigenvalue weighted by molar-refractivity contribution is 0.498. The van der Waals surface area contributed by atoms with E-state index >= 15 is 0 Å². The molecule has 0 amide bonds. The van der Waals surface area contributed by atoms with Crippen LogP contribution in [0.4, 0.5) is 18.9 Å². The second-order valence-corrected chi connectivity index (χ2v) is 4.85. The Morgan fingerprint density at radius 2 is 1.94 bits per heavy atom. The molecular weight excluding hydrogens is 273 g/mol. The number of halogens is 4. The van der Waals surface area contributed by atoms with Crippen LogP contribution in [0.15, 0.2) is 18.3 Å². The largest absolute Gasteiger partial charge is 0.375 e. The van der Waals surface area contributed by atoms with E-state index in [2.05, 4.69) is 10.3 Å².